The van der Waals surface area contributed by atoms with Gasteiger partial charge in [0.1, 0.15) is 5.82 Å². The summed E-state index contributed by atoms with van der Waals surface area (Å²) in [5, 5.41) is 10.3. The molecular weight excluding hydrogens is 388 g/mol. The van der Waals surface area contributed by atoms with Crippen molar-refractivity contribution in [3.8, 4) is 0 Å². The van der Waals surface area contributed by atoms with Gasteiger partial charge in [-0.1, -0.05) is 36.0 Å². The molecule has 9 heteroatoms. The molecule has 0 bridgehead atoms. The van der Waals surface area contributed by atoms with Gasteiger partial charge in [0.2, 0.25) is 5.78 Å². The highest BCUT2D eigenvalue weighted by Gasteiger charge is 2.16. The summed E-state index contributed by atoms with van der Waals surface area (Å²) < 4.78 is 4.91. The lowest BCUT2D eigenvalue weighted by Crippen LogP contribution is -2.22. The molecular formula is C20H16N6O2S. The quantitative estimate of drug-likeness (QED) is 0.428. The summed E-state index contributed by atoms with van der Waals surface area (Å²) in [4.78, 5) is 29.8. The summed E-state index contributed by atoms with van der Waals surface area (Å²) in [7, 11) is 3.40. The van der Waals surface area contributed by atoms with Crippen LogP contribution in [0.25, 0.3) is 27.6 Å². The Hall–Kier alpha value is -3.46. The van der Waals surface area contributed by atoms with Crippen LogP contribution >= 0.6 is 11.8 Å². The van der Waals surface area contributed by atoms with Gasteiger partial charge in [0.25, 0.3) is 11.1 Å². The number of hydrogen-bond acceptors (Lipinski definition) is 6. The fourth-order valence-corrected chi connectivity index (χ4v) is 4.35. The molecule has 0 N–H and O–H groups in total. The van der Waals surface area contributed by atoms with E-state index in [-0.39, 0.29) is 11.1 Å². The predicted octanol–water partition coefficient (Wildman–Crippen LogP) is 2.12. The Morgan fingerprint density at radius 3 is 2.38 bits per heavy atom. The van der Waals surface area contributed by atoms with E-state index in [2.05, 4.69) is 15.2 Å². The van der Waals surface area contributed by atoms with Crippen molar-refractivity contribution in [2.45, 2.75) is 10.9 Å². The minimum Gasteiger partial charge on any atom is -0.299 e. The number of aryl methyl sites for hydroxylation is 1. The van der Waals surface area contributed by atoms with Gasteiger partial charge in [-0.05, 0) is 24.3 Å². The normalized spacial score (nSPS) is 11.7. The van der Waals surface area contributed by atoms with Gasteiger partial charge in [-0.15, -0.1) is 10.2 Å². The smallest absolute Gasteiger partial charge is 0.262 e. The molecule has 0 aliphatic rings. The Morgan fingerprint density at radius 2 is 1.55 bits per heavy atom. The molecule has 144 valence electrons. The molecule has 0 aliphatic heterocycles. The maximum absolute atomic E-state index is 12.6. The Morgan fingerprint density at radius 1 is 0.862 bits per heavy atom. The monoisotopic (exact) mass is 404 g/mol. The lowest BCUT2D eigenvalue weighted by Gasteiger charge is -2.09. The Bertz CT molecular complexity index is 1530. The molecule has 0 aliphatic carbocycles. The lowest BCUT2D eigenvalue weighted by atomic mass is 10.2. The number of fused-ring (bicyclic) bond motifs is 4. The molecule has 0 fully saturated rings. The largest absolute Gasteiger partial charge is 0.299 e. The number of hydrogen-bond donors (Lipinski definition) is 0. The van der Waals surface area contributed by atoms with E-state index in [1.54, 1.807) is 30.8 Å². The summed E-state index contributed by atoms with van der Waals surface area (Å²) in [6.07, 6.45) is 0. The van der Waals surface area contributed by atoms with Crippen LogP contribution in [0.3, 0.4) is 0 Å². The van der Waals surface area contributed by atoms with E-state index >= 15 is 0 Å². The highest BCUT2D eigenvalue weighted by atomic mass is 32.2. The van der Waals surface area contributed by atoms with Gasteiger partial charge in [0, 0.05) is 14.1 Å². The SMILES string of the molecule is Cn1c(CSc2nnc3n(C)c(=O)c4ccccc4n23)nc2ccccc2c1=O. The molecule has 0 spiro atoms. The Kier molecular flexibility index (Phi) is 3.99. The van der Waals surface area contributed by atoms with Crippen LogP contribution in [0.4, 0.5) is 0 Å². The van der Waals surface area contributed by atoms with Crippen LogP contribution in [0.15, 0.2) is 63.3 Å². The van der Waals surface area contributed by atoms with E-state index in [1.165, 1.54) is 16.3 Å². The van der Waals surface area contributed by atoms with Crippen LogP contribution in [0.5, 0.6) is 0 Å². The third kappa shape index (κ3) is 2.65. The average Bonchev–Trinajstić information content (AvgIpc) is 3.18. The van der Waals surface area contributed by atoms with E-state index in [1.807, 2.05) is 40.8 Å². The molecule has 0 amide bonds. The van der Waals surface area contributed by atoms with Crippen molar-refractivity contribution in [3.63, 3.8) is 0 Å². The zero-order chi connectivity index (χ0) is 20.1. The molecule has 0 saturated heterocycles. The highest BCUT2D eigenvalue weighted by Crippen LogP contribution is 2.24. The van der Waals surface area contributed by atoms with Crippen molar-refractivity contribution in [3.05, 3.63) is 75.1 Å². The van der Waals surface area contributed by atoms with Crippen molar-refractivity contribution in [2.75, 3.05) is 0 Å². The molecule has 8 nitrogen and oxygen atoms in total. The number of benzene rings is 2. The number of nitrogens with zero attached hydrogens (tertiary/aromatic N) is 6. The van der Waals surface area contributed by atoms with Crippen molar-refractivity contribution >= 4 is 39.3 Å². The van der Waals surface area contributed by atoms with Crippen LogP contribution in [-0.4, -0.2) is 28.7 Å². The van der Waals surface area contributed by atoms with E-state index in [0.717, 1.165) is 5.52 Å². The first kappa shape index (κ1) is 17.6. The van der Waals surface area contributed by atoms with Crippen LogP contribution in [-0.2, 0) is 19.8 Å². The fourth-order valence-electron chi connectivity index (χ4n) is 3.43. The summed E-state index contributed by atoms with van der Waals surface area (Å²) >= 11 is 1.42. The van der Waals surface area contributed by atoms with Crippen molar-refractivity contribution in [1.82, 2.24) is 28.7 Å². The second kappa shape index (κ2) is 6.56. The van der Waals surface area contributed by atoms with Gasteiger partial charge >= 0.3 is 0 Å². The zero-order valence-electron chi connectivity index (χ0n) is 15.7. The molecule has 5 aromatic rings. The van der Waals surface area contributed by atoms with E-state index in [9.17, 15) is 9.59 Å². The Balaban J connectivity index is 1.62. The van der Waals surface area contributed by atoms with Gasteiger partial charge in [0.05, 0.1) is 27.6 Å². The second-order valence-corrected chi connectivity index (χ2v) is 7.64. The summed E-state index contributed by atoms with van der Waals surface area (Å²) in [5.74, 6) is 1.55. The van der Waals surface area contributed by atoms with Crippen molar-refractivity contribution in [1.29, 1.82) is 0 Å². The minimum atomic E-state index is -0.115. The molecule has 0 atom stereocenters. The zero-order valence-corrected chi connectivity index (χ0v) is 16.6. The second-order valence-electron chi connectivity index (χ2n) is 6.70. The number of thioether (sulfide) groups is 1. The summed E-state index contributed by atoms with van der Waals surface area (Å²) in [5.41, 5.74) is 1.23. The van der Waals surface area contributed by atoms with E-state index in [0.29, 0.717) is 38.8 Å². The van der Waals surface area contributed by atoms with Gasteiger partial charge in [-0.25, -0.2) is 4.98 Å². The molecule has 3 heterocycles. The number of aromatic nitrogens is 6. The summed E-state index contributed by atoms with van der Waals surface area (Å²) in [6, 6.07) is 14.7. The van der Waals surface area contributed by atoms with Crippen LogP contribution in [0.2, 0.25) is 0 Å². The van der Waals surface area contributed by atoms with Gasteiger partial charge in [0.15, 0.2) is 5.16 Å². The van der Waals surface area contributed by atoms with Crippen molar-refractivity contribution in [2.24, 2.45) is 14.1 Å². The van der Waals surface area contributed by atoms with Gasteiger partial charge < -0.3 is 0 Å². The van der Waals surface area contributed by atoms with Gasteiger partial charge in [-0.3, -0.25) is 23.1 Å². The first-order valence-electron chi connectivity index (χ1n) is 8.96. The van der Waals surface area contributed by atoms with Gasteiger partial charge in [-0.2, -0.15) is 0 Å². The minimum absolute atomic E-state index is 0.0786. The standard InChI is InChI=1S/C20H16N6O2S/c1-24-16(21-14-9-5-3-7-12(14)17(24)27)11-29-20-23-22-19-25(2)18(28)13-8-4-6-10-15(13)26(19)20/h3-10H,11H2,1-2H3. The molecule has 0 unspecified atom stereocenters. The fraction of sp³-hybridized carbons (Fsp3) is 0.150. The van der Waals surface area contributed by atoms with Crippen LogP contribution in [0, 0.1) is 0 Å². The molecule has 0 radical (unpaired) electrons. The first-order valence-corrected chi connectivity index (χ1v) is 9.95. The molecule has 0 saturated carbocycles. The lowest BCUT2D eigenvalue weighted by molar-refractivity contribution is 0.783. The maximum atomic E-state index is 12.6. The third-order valence-corrected chi connectivity index (χ3v) is 5.93. The molecule has 3 aromatic heterocycles. The van der Waals surface area contributed by atoms with E-state index in [4.69, 9.17) is 0 Å². The number of para-hydroxylation sites is 2. The first-order chi connectivity index (χ1) is 14.1. The van der Waals surface area contributed by atoms with E-state index < -0.39 is 0 Å². The average molecular weight is 404 g/mol. The molecule has 2 aromatic carbocycles. The van der Waals surface area contributed by atoms with Crippen LogP contribution in [0.1, 0.15) is 5.82 Å². The number of rotatable bonds is 3. The molecule has 29 heavy (non-hydrogen) atoms. The maximum Gasteiger partial charge on any atom is 0.262 e. The van der Waals surface area contributed by atoms with Crippen molar-refractivity contribution < 1.29 is 0 Å². The predicted molar refractivity (Wildman–Crippen MR) is 112 cm³/mol. The Labute approximate surface area is 168 Å². The molecule has 5 rings (SSSR count). The van der Waals surface area contributed by atoms with Crippen LogP contribution < -0.4 is 11.1 Å². The topological polar surface area (TPSA) is 87.1 Å². The highest BCUT2D eigenvalue weighted by molar-refractivity contribution is 7.98. The summed E-state index contributed by atoms with van der Waals surface area (Å²) in [6.45, 7) is 0. The third-order valence-electron chi connectivity index (χ3n) is 5.00.